The van der Waals surface area contributed by atoms with Crippen molar-refractivity contribution >= 4 is 17.0 Å². The summed E-state index contributed by atoms with van der Waals surface area (Å²) in [6, 6.07) is 5.33. The molecule has 0 spiro atoms. The van der Waals surface area contributed by atoms with Crippen LogP contribution in [0, 0.1) is 18.6 Å². The highest BCUT2D eigenvalue weighted by Gasteiger charge is 2.29. The molecule has 0 bridgehead atoms. The molecule has 1 aromatic carbocycles. The van der Waals surface area contributed by atoms with Crippen LogP contribution in [0.4, 0.5) is 8.78 Å². The van der Waals surface area contributed by atoms with Gasteiger partial charge in [-0.05, 0) is 43.7 Å². The molecule has 2 atom stereocenters. The number of carbonyl (C=O) groups excluding carboxylic acids is 1. The fourth-order valence-electron chi connectivity index (χ4n) is 3.47. The smallest absolute Gasteiger partial charge is 0.257 e. The molecule has 1 fully saturated rings. The van der Waals surface area contributed by atoms with Gasteiger partial charge in [-0.3, -0.25) is 4.79 Å². The van der Waals surface area contributed by atoms with Crippen molar-refractivity contribution < 1.29 is 18.1 Å². The molecule has 3 heterocycles. The molecule has 1 aliphatic rings. The van der Waals surface area contributed by atoms with E-state index in [1.807, 2.05) is 0 Å². The fraction of sp³-hybridized carbons (Fsp3) is 0.316. The van der Waals surface area contributed by atoms with Gasteiger partial charge in [0.2, 0.25) is 0 Å². The van der Waals surface area contributed by atoms with Gasteiger partial charge >= 0.3 is 0 Å². The molecule has 3 aromatic rings. The zero-order valence-electron chi connectivity index (χ0n) is 14.6. The highest BCUT2D eigenvalue weighted by Crippen LogP contribution is 2.27. The third-order valence-electron chi connectivity index (χ3n) is 4.94. The molecule has 1 saturated heterocycles. The molecule has 140 valence electrons. The number of piperidine rings is 1. The minimum Gasteiger partial charge on any atom is -0.347 e. The molecule has 4 rings (SSSR count). The van der Waals surface area contributed by atoms with Crippen molar-refractivity contribution in [3.05, 3.63) is 58.9 Å². The highest BCUT2D eigenvalue weighted by atomic mass is 19.2. The van der Waals surface area contributed by atoms with Crippen LogP contribution in [-0.4, -0.2) is 35.2 Å². The second-order valence-corrected chi connectivity index (χ2v) is 6.70. The van der Waals surface area contributed by atoms with E-state index in [-0.39, 0.29) is 17.9 Å². The van der Waals surface area contributed by atoms with Crippen LogP contribution in [0.1, 0.15) is 34.0 Å². The van der Waals surface area contributed by atoms with Crippen LogP contribution in [0.5, 0.6) is 0 Å². The summed E-state index contributed by atoms with van der Waals surface area (Å²) in [6.07, 6.45) is 2.14. The van der Waals surface area contributed by atoms with Crippen LogP contribution in [0.3, 0.4) is 0 Å². The highest BCUT2D eigenvalue weighted by molar-refractivity contribution is 5.97. The van der Waals surface area contributed by atoms with E-state index in [9.17, 15) is 13.6 Å². The maximum Gasteiger partial charge on any atom is 0.257 e. The minimum atomic E-state index is -0.881. The molecule has 1 aliphatic heterocycles. The third kappa shape index (κ3) is 3.40. The lowest BCUT2D eigenvalue weighted by molar-refractivity contribution is 0.0924. The molecule has 8 heteroatoms. The summed E-state index contributed by atoms with van der Waals surface area (Å²) in [6.45, 7) is 3.06. The molecule has 0 aliphatic carbocycles. The number of carbonyl (C=O) groups is 1. The summed E-state index contributed by atoms with van der Waals surface area (Å²) in [5.41, 5.74) is 2.10. The molecule has 1 amide bonds. The Bertz CT molecular complexity index is 1000. The van der Waals surface area contributed by atoms with Gasteiger partial charge in [-0.25, -0.2) is 13.8 Å². The molecule has 0 radical (unpaired) electrons. The monoisotopic (exact) mass is 372 g/mol. The first-order valence-electron chi connectivity index (χ1n) is 8.71. The predicted octanol–water partition coefficient (Wildman–Crippen LogP) is 2.68. The number of halogens is 2. The van der Waals surface area contributed by atoms with E-state index in [4.69, 9.17) is 4.52 Å². The average Bonchev–Trinajstić information content (AvgIpc) is 3.05. The number of aryl methyl sites for hydroxylation is 1. The number of nitrogens with zero attached hydrogens (tertiary/aromatic N) is 2. The van der Waals surface area contributed by atoms with E-state index in [0.29, 0.717) is 40.9 Å². The Morgan fingerprint density at radius 1 is 1.30 bits per heavy atom. The van der Waals surface area contributed by atoms with Crippen LogP contribution in [0.25, 0.3) is 11.1 Å². The normalized spacial score (nSPS) is 20.0. The summed E-state index contributed by atoms with van der Waals surface area (Å²) in [7, 11) is 0. The molecule has 27 heavy (non-hydrogen) atoms. The van der Waals surface area contributed by atoms with Crippen molar-refractivity contribution in [2.24, 2.45) is 0 Å². The Balaban J connectivity index is 1.57. The molecular formula is C19H18F2N4O2. The van der Waals surface area contributed by atoms with Gasteiger partial charge in [0.05, 0.1) is 16.6 Å². The maximum absolute atomic E-state index is 13.6. The summed E-state index contributed by atoms with van der Waals surface area (Å²) in [5, 5.41) is 10.7. The lowest BCUT2D eigenvalue weighted by atomic mass is 9.86. The Labute approximate surface area is 153 Å². The molecule has 0 saturated carbocycles. The van der Waals surface area contributed by atoms with Gasteiger partial charge in [-0.1, -0.05) is 11.2 Å². The Kier molecular flexibility index (Phi) is 4.57. The average molecular weight is 372 g/mol. The van der Waals surface area contributed by atoms with Crippen molar-refractivity contribution in [3.8, 4) is 0 Å². The molecular weight excluding hydrogens is 354 g/mol. The van der Waals surface area contributed by atoms with Crippen molar-refractivity contribution in [2.75, 3.05) is 13.1 Å². The van der Waals surface area contributed by atoms with Crippen LogP contribution in [0.2, 0.25) is 0 Å². The number of nitrogens with one attached hydrogen (secondary N) is 2. The van der Waals surface area contributed by atoms with Gasteiger partial charge in [0.1, 0.15) is 0 Å². The van der Waals surface area contributed by atoms with Gasteiger partial charge in [0, 0.05) is 24.7 Å². The standard InChI is InChI=1S/C19H18F2N4O2/c1-10-14-6-12(8-23-19(14)27-25-10)18(26)24-17-9-22-5-4-13(17)11-2-3-15(20)16(21)7-11/h2-3,6-8,13,17,22H,4-5,9H2,1H3,(H,24,26)/t13-,17-/m1/s1. The Hall–Kier alpha value is -2.87. The number of benzene rings is 1. The van der Waals surface area contributed by atoms with Gasteiger partial charge in [-0.2, -0.15) is 0 Å². The first-order chi connectivity index (χ1) is 13.0. The van der Waals surface area contributed by atoms with E-state index < -0.39 is 11.6 Å². The first kappa shape index (κ1) is 17.5. The van der Waals surface area contributed by atoms with E-state index in [1.165, 1.54) is 12.3 Å². The number of rotatable bonds is 3. The number of fused-ring (bicyclic) bond motifs is 1. The Morgan fingerprint density at radius 2 is 2.15 bits per heavy atom. The molecule has 2 N–H and O–H groups in total. The van der Waals surface area contributed by atoms with Gasteiger partial charge in [-0.15, -0.1) is 0 Å². The predicted molar refractivity (Wildman–Crippen MR) is 94.4 cm³/mol. The molecule has 6 nitrogen and oxygen atoms in total. The molecule has 0 unspecified atom stereocenters. The number of amides is 1. The lowest BCUT2D eigenvalue weighted by Gasteiger charge is -2.33. The zero-order chi connectivity index (χ0) is 19.0. The second kappa shape index (κ2) is 7.03. The second-order valence-electron chi connectivity index (χ2n) is 6.70. The van der Waals surface area contributed by atoms with Gasteiger partial charge < -0.3 is 15.2 Å². The fourth-order valence-corrected chi connectivity index (χ4v) is 3.47. The Morgan fingerprint density at radius 3 is 2.96 bits per heavy atom. The van der Waals surface area contributed by atoms with E-state index >= 15 is 0 Å². The van der Waals surface area contributed by atoms with Crippen molar-refractivity contribution in [1.29, 1.82) is 0 Å². The zero-order valence-corrected chi connectivity index (χ0v) is 14.6. The quantitative estimate of drug-likeness (QED) is 0.739. The van der Waals surface area contributed by atoms with Crippen LogP contribution < -0.4 is 10.6 Å². The van der Waals surface area contributed by atoms with Crippen molar-refractivity contribution in [3.63, 3.8) is 0 Å². The SMILES string of the molecule is Cc1noc2ncc(C(=O)N[C@@H]3CNCC[C@@H]3c3ccc(F)c(F)c3)cc12. The minimum absolute atomic E-state index is 0.112. The summed E-state index contributed by atoms with van der Waals surface area (Å²) in [4.78, 5) is 16.8. The molecule has 2 aromatic heterocycles. The number of aromatic nitrogens is 2. The summed E-state index contributed by atoms with van der Waals surface area (Å²) < 4.78 is 32.0. The maximum atomic E-state index is 13.6. The largest absolute Gasteiger partial charge is 0.347 e. The summed E-state index contributed by atoms with van der Waals surface area (Å²) in [5.74, 6) is -2.16. The van der Waals surface area contributed by atoms with E-state index in [1.54, 1.807) is 19.1 Å². The number of hydrogen-bond donors (Lipinski definition) is 2. The van der Waals surface area contributed by atoms with E-state index in [0.717, 1.165) is 12.6 Å². The van der Waals surface area contributed by atoms with Crippen LogP contribution >= 0.6 is 0 Å². The lowest BCUT2D eigenvalue weighted by Crippen LogP contribution is -2.50. The van der Waals surface area contributed by atoms with Crippen LogP contribution in [-0.2, 0) is 0 Å². The number of hydrogen-bond acceptors (Lipinski definition) is 5. The van der Waals surface area contributed by atoms with Crippen molar-refractivity contribution in [2.45, 2.75) is 25.3 Å². The van der Waals surface area contributed by atoms with E-state index in [2.05, 4.69) is 20.8 Å². The third-order valence-corrected chi connectivity index (χ3v) is 4.94. The number of pyridine rings is 1. The van der Waals surface area contributed by atoms with Gasteiger partial charge in [0.15, 0.2) is 11.6 Å². The van der Waals surface area contributed by atoms with Crippen molar-refractivity contribution in [1.82, 2.24) is 20.8 Å². The van der Waals surface area contributed by atoms with Crippen LogP contribution in [0.15, 0.2) is 35.0 Å². The summed E-state index contributed by atoms with van der Waals surface area (Å²) >= 11 is 0. The topological polar surface area (TPSA) is 80.0 Å². The van der Waals surface area contributed by atoms with Gasteiger partial charge in [0.25, 0.3) is 11.6 Å². The first-order valence-corrected chi connectivity index (χ1v) is 8.71.